The summed E-state index contributed by atoms with van der Waals surface area (Å²) < 4.78 is 0. The van der Waals surface area contributed by atoms with Crippen LogP contribution < -0.4 is 10.6 Å². The van der Waals surface area contributed by atoms with Crippen LogP contribution in [-0.2, 0) is 6.54 Å². The van der Waals surface area contributed by atoms with Crippen molar-refractivity contribution in [3.63, 3.8) is 0 Å². The van der Waals surface area contributed by atoms with E-state index >= 15 is 0 Å². The van der Waals surface area contributed by atoms with Crippen LogP contribution in [0.4, 0.5) is 11.6 Å². The summed E-state index contributed by atoms with van der Waals surface area (Å²) in [6.07, 6.45) is 0. The van der Waals surface area contributed by atoms with E-state index in [2.05, 4.69) is 33.1 Å². The Bertz CT molecular complexity index is 412. The molecule has 78 valence electrons. The Labute approximate surface area is 93.2 Å². The van der Waals surface area contributed by atoms with Gasteiger partial charge in [-0.2, -0.15) is 0 Å². The van der Waals surface area contributed by atoms with E-state index in [0.29, 0.717) is 0 Å². The molecule has 0 amide bonds. The lowest BCUT2D eigenvalue weighted by Gasteiger charge is -2.05. The molecule has 0 saturated heterocycles. The number of aromatic nitrogens is 1. The smallest absolute Gasteiger partial charge is 0.128 e. The Hall–Kier alpha value is -1.55. The Morgan fingerprint density at radius 1 is 1.20 bits per heavy atom. The molecule has 0 aromatic carbocycles. The van der Waals surface area contributed by atoms with E-state index in [9.17, 15) is 0 Å². The molecular formula is C11H13N3S. The molecule has 4 heteroatoms. The van der Waals surface area contributed by atoms with Crippen LogP contribution in [0.15, 0.2) is 35.7 Å². The summed E-state index contributed by atoms with van der Waals surface area (Å²) in [5, 5.41) is 8.37. The molecule has 0 radical (unpaired) electrons. The highest BCUT2D eigenvalue weighted by Crippen LogP contribution is 2.12. The fourth-order valence-corrected chi connectivity index (χ4v) is 1.91. The van der Waals surface area contributed by atoms with Crippen molar-refractivity contribution in [3.05, 3.63) is 40.6 Å². The number of nitrogens with one attached hydrogen (secondary N) is 2. The number of anilines is 2. The quantitative estimate of drug-likeness (QED) is 0.830. The topological polar surface area (TPSA) is 37.0 Å². The first-order valence-corrected chi connectivity index (χ1v) is 5.67. The summed E-state index contributed by atoms with van der Waals surface area (Å²) in [6.45, 7) is 0.831. The molecule has 0 aliphatic rings. The Kier molecular flexibility index (Phi) is 3.19. The van der Waals surface area contributed by atoms with Gasteiger partial charge in [-0.1, -0.05) is 12.1 Å². The second-order valence-corrected chi connectivity index (χ2v) is 4.12. The maximum absolute atomic E-state index is 4.37. The van der Waals surface area contributed by atoms with Gasteiger partial charge in [0.2, 0.25) is 0 Å². The normalized spacial score (nSPS) is 9.93. The predicted molar refractivity (Wildman–Crippen MR) is 65.4 cm³/mol. The van der Waals surface area contributed by atoms with Crippen molar-refractivity contribution in [1.29, 1.82) is 0 Å². The van der Waals surface area contributed by atoms with E-state index in [-0.39, 0.29) is 0 Å². The lowest BCUT2D eigenvalue weighted by atomic mass is 10.4. The van der Waals surface area contributed by atoms with Gasteiger partial charge in [-0.3, -0.25) is 0 Å². The highest BCUT2D eigenvalue weighted by Gasteiger charge is 1.96. The van der Waals surface area contributed by atoms with Crippen molar-refractivity contribution in [2.45, 2.75) is 6.54 Å². The molecule has 0 saturated carbocycles. The number of thiophene rings is 1. The van der Waals surface area contributed by atoms with Gasteiger partial charge in [0.1, 0.15) is 11.6 Å². The largest absolute Gasteiger partial charge is 0.373 e. The summed E-state index contributed by atoms with van der Waals surface area (Å²) in [5.74, 6) is 1.78. The number of hydrogen-bond donors (Lipinski definition) is 2. The van der Waals surface area contributed by atoms with E-state index < -0.39 is 0 Å². The zero-order valence-corrected chi connectivity index (χ0v) is 9.34. The summed E-state index contributed by atoms with van der Waals surface area (Å²) in [7, 11) is 1.87. The summed E-state index contributed by atoms with van der Waals surface area (Å²) >= 11 is 1.75. The van der Waals surface area contributed by atoms with Crippen LogP contribution >= 0.6 is 11.3 Å². The third-order valence-electron chi connectivity index (χ3n) is 2.03. The summed E-state index contributed by atoms with van der Waals surface area (Å²) in [4.78, 5) is 5.68. The zero-order chi connectivity index (χ0) is 10.5. The van der Waals surface area contributed by atoms with E-state index in [0.717, 1.165) is 18.2 Å². The van der Waals surface area contributed by atoms with Crippen molar-refractivity contribution in [2.75, 3.05) is 17.7 Å². The minimum atomic E-state index is 0.831. The highest BCUT2D eigenvalue weighted by atomic mass is 32.1. The SMILES string of the molecule is CNc1cccc(NCc2cccs2)n1. The molecule has 0 spiro atoms. The average Bonchev–Trinajstić information content (AvgIpc) is 2.79. The Balaban J connectivity index is 1.98. The first-order chi connectivity index (χ1) is 7.38. The standard InChI is InChI=1S/C11H13N3S/c1-12-10-5-2-6-11(14-10)13-8-9-4-3-7-15-9/h2-7H,8H2,1H3,(H2,12,13,14). The molecule has 0 fully saturated rings. The third-order valence-corrected chi connectivity index (χ3v) is 2.91. The minimum absolute atomic E-state index is 0.831. The van der Waals surface area contributed by atoms with Crippen molar-refractivity contribution in [3.8, 4) is 0 Å². The average molecular weight is 219 g/mol. The van der Waals surface area contributed by atoms with Gasteiger partial charge in [0.25, 0.3) is 0 Å². The van der Waals surface area contributed by atoms with Crippen molar-refractivity contribution >= 4 is 23.0 Å². The molecule has 0 bridgehead atoms. The molecule has 2 aromatic rings. The van der Waals surface area contributed by atoms with Crippen molar-refractivity contribution in [1.82, 2.24) is 4.98 Å². The summed E-state index contributed by atoms with van der Waals surface area (Å²) in [6, 6.07) is 10.1. The van der Waals surface area contributed by atoms with Gasteiger partial charge >= 0.3 is 0 Å². The van der Waals surface area contributed by atoms with Crippen LogP contribution in [0.25, 0.3) is 0 Å². The first kappa shape index (κ1) is 9.98. The van der Waals surface area contributed by atoms with Gasteiger partial charge in [-0.15, -0.1) is 11.3 Å². The number of rotatable bonds is 4. The molecule has 2 heterocycles. The minimum Gasteiger partial charge on any atom is -0.373 e. The van der Waals surface area contributed by atoms with Crippen LogP contribution in [0.1, 0.15) is 4.88 Å². The van der Waals surface area contributed by atoms with Gasteiger partial charge < -0.3 is 10.6 Å². The van der Waals surface area contributed by atoms with E-state index in [1.165, 1.54) is 4.88 Å². The molecule has 0 aliphatic carbocycles. The molecule has 0 atom stereocenters. The van der Waals surface area contributed by atoms with Gasteiger partial charge in [0.05, 0.1) is 6.54 Å². The van der Waals surface area contributed by atoms with Gasteiger partial charge in [0, 0.05) is 11.9 Å². The molecule has 2 rings (SSSR count). The molecule has 0 aliphatic heterocycles. The van der Waals surface area contributed by atoms with E-state index in [1.807, 2.05) is 25.2 Å². The fourth-order valence-electron chi connectivity index (χ4n) is 1.26. The predicted octanol–water partition coefficient (Wildman–Crippen LogP) is 2.80. The first-order valence-electron chi connectivity index (χ1n) is 4.79. The molecular weight excluding hydrogens is 206 g/mol. The van der Waals surface area contributed by atoms with E-state index in [1.54, 1.807) is 11.3 Å². The number of nitrogens with zero attached hydrogens (tertiary/aromatic N) is 1. The second kappa shape index (κ2) is 4.79. The fraction of sp³-hybridized carbons (Fsp3) is 0.182. The highest BCUT2D eigenvalue weighted by molar-refractivity contribution is 7.09. The van der Waals surface area contributed by atoms with E-state index in [4.69, 9.17) is 0 Å². The van der Waals surface area contributed by atoms with Gasteiger partial charge in [0.15, 0.2) is 0 Å². The molecule has 2 aromatic heterocycles. The van der Waals surface area contributed by atoms with Gasteiger partial charge in [-0.25, -0.2) is 4.98 Å². The van der Waals surface area contributed by atoms with Crippen LogP contribution in [0.2, 0.25) is 0 Å². The number of pyridine rings is 1. The lowest BCUT2D eigenvalue weighted by Crippen LogP contribution is -2.01. The Morgan fingerprint density at radius 3 is 2.80 bits per heavy atom. The van der Waals surface area contributed by atoms with Crippen LogP contribution in [0.3, 0.4) is 0 Å². The third kappa shape index (κ3) is 2.70. The molecule has 15 heavy (non-hydrogen) atoms. The second-order valence-electron chi connectivity index (χ2n) is 3.09. The molecule has 3 nitrogen and oxygen atoms in total. The summed E-state index contributed by atoms with van der Waals surface area (Å²) in [5.41, 5.74) is 0. The van der Waals surface area contributed by atoms with Crippen molar-refractivity contribution < 1.29 is 0 Å². The van der Waals surface area contributed by atoms with Crippen molar-refractivity contribution in [2.24, 2.45) is 0 Å². The maximum atomic E-state index is 4.37. The molecule has 0 unspecified atom stereocenters. The van der Waals surface area contributed by atoms with Gasteiger partial charge in [-0.05, 0) is 23.6 Å². The monoisotopic (exact) mass is 219 g/mol. The number of hydrogen-bond acceptors (Lipinski definition) is 4. The maximum Gasteiger partial charge on any atom is 0.128 e. The molecule has 2 N–H and O–H groups in total. The van der Waals surface area contributed by atoms with Crippen LogP contribution in [0.5, 0.6) is 0 Å². The zero-order valence-electron chi connectivity index (χ0n) is 8.53. The lowest BCUT2D eigenvalue weighted by molar-refractivity contribution is 1.14. The van der Waals surface area contributed by atoms with Crippen LogP contribution in [-0.4, -0.2) is 12.0 Å². The Morgan fingerprint density at radius 2 is 2.07 bits per heavy atom. The van der Waals surface area contributed by atoms with Crippen LogP contribution in [0, 0.1) is 0 Å².